The minimum atomic E-state index is -1.38. The number of fused-ring (bicyclic) bond motifs is 1. The molecular weight excluding hydrogens is 534 g/mol. The van der Waals surface area contributed by atoms with E-state index < -0.39 is 54.5 Å². The lowest BCUT2D eigenvalue weighted by Gasteiger charge is -2.24. The number of benzene rings is 2. The minimum absolute atomic E-state index is 0.0378. The fourth-order valence-electron chi connectivity index (χ4n) is 4.20. The molecule has 12 heteroatoms. The summed E-state index contributed by atoms with van der Waals surface area (Å²) in [5.74, 6) is -2.82. The van der Waals surface area contributed by atoms with E-state index in [0.29, 0.717) is 5.75 Å². The number of hydrogen-bond acceptors (Lipinski definition) is 7. The molecule has 0 bridgehead atoms. The number of carbonyl (C=O) groups is 4. The molecule has 0 radical (unpaired) electrons. The highest BCUT2D eigenvalue weighted by atomic mass is 32.2. The molecule has 0 aliphatic carbocycles. The second kappa shape index (κ2) is 15.1. The van der Waals surface area contributed by atoms with Crippen LogP contribution in [0.5, 0.6) is 0 Å². The van der Waals surface area contributed by atoms with Crippen molar-refractivity contribution >= 4 is 46.4 Å². The maximum absolute atomic E-state index is 13.3. The van der Waals surface area contributed by atoms with Gasteiger partial charge in [0, 0.05) is 23.5 Å². The van der Waals surface area contributed by atoms with Crippen LogP contribution in [0, 0.1) is 0 Å². The van der Waals surface area contributed by atoms with Crippen molar-refractivity contribution in [3.63, 3.8) is 0 Å². The van der Waals surface area contributed by atoms with E-state index in [1.54, 1.807) is 6.20 Å². The number of amides is 3. The molecule has 8 N–H and O–H groups in total. The van der Waals surface area contributed by atoms with Crippen LogP contribution in [-0.2, 0) is 32.0 Å². The van der Waals surface area contributed by atoms with E-state index in [4.69, 9.17) is 5.73 Å². The van der Waals surface area contributed by atoms with Crippen molar-refractivity contribution in [1.82, 2.24) is 20.9 Å². The molecule has 214 valence electrons. The van der Waals surface area contributed by atoms with E-state index in [2.05, 4.69) is 20.9 Å². The van der Waals surface area contributed by atoms with Crippen LogP contribution in [0.25, 0.3) is 10.9 Å². The number of carbonyl (C=O) groups excluding carboxylic acids is 3. The summed E-state index contributed by atoms with van der Waals surface area (Å²) in [5, 5.41) is 27.8. The van der Waals surface area contributed by atoms with Gasteiger partial charge in [-0.2, -0.15) is 11.8 Å². The van der Waals surface area contributed by atoms with Gasteiger partial charge in [0.05, 0.1) is 12.6 Å². The van der Waals surface area contributed by atoms with Gasteiger partial charge >= 0.3 is 5.97 Å². The van der Waals surface area contributed by atoms with Crippen LogP contribution in [0.15, 0.2) is 60.8 Å². The molecule has 0 fully saturated rings. The molecule has 11 nitrogen and oxygen atoms in total. The topological polar surface area (TPSA) is 187 Å². The summed E-state index contributed by atoms with van der Waals surface area (Å²) in [5.41, 5.74) is 8.41. The molecule has 3 aromatic rings. The van der Waals surface area contributed by atoms with Crippen molar-refractivity contribution in [1.29, 1.82) is 0 Å². The van der Waals surface area contributed by atoms with Crippen LogP contribution in [0.4, 0.5) is 0 Å². The van der Waals surface area contributed by atoms with Gasteiger partial charge in [0.15, 0.2) is 0 Å². The van der Waals surface area contributed by atoms with Gasteiger partial charge in [-0.15, -0.1) is 0 Å². The SMILES string of the molecule is CSCCC(NC(=O)C(Cc1c[nH]c2ccccc12)NC(=O)C(CO)NC(=O)C(N)Cc1ccccc1)C(=O)O. The number of aromatic amines is 1. The number of hydrogen-bond donors (Lipinski definition) is 7. The highest BCUT2D eigenvalue weighted by Crippen LogP contribution is 2.19. The summed E-state index contributed by atoms with van der Waals surface area (Å²) in [4.78, 5) is 54.0. The third kappa shape index (κ3) is 8.57. The third-order valence-corrected chi connectivity index (χ3v) is 7.05. The number of rotatable bonds is 15. The predicted molar refractivity (Wildman–Crippen MR) is 154 cm³/mol. The normalized spacial score (nSPS) is 14.1. The quantitative estimate of drug-likeness (QED) is 0.138. The van der Waals surface area contributed by atoms with Crippen LogP contribution < -0.4 is 21.7 Å². The van der Waals surface area contributed by atoms with E-state index in [0.717, 1.165) is 22.0 Å². The lowest BCUT2D eigenvalue weighted by molar-refractivity contribution is -0.142. The number of carboxylic acids is 1. The Morgan fingerprint density at radius 1 is 0.875 bits per heavy atom. The molecule has 0 spiro atoms. The average molecular weight is 570 g/mol. The Balaban J connectivity index is 1.75. The van der Waals surface area contributed by atoms with E-state index in [1.165, 1.54) is 11.8 Å². The summed E-state index contributed by atoms with van der Waals surface area (Å²) < 4.78 is 0. The Bertz CT molecular complexity index is 1300. The first-order valence-electron chi connectivity index (χ1n) is 12.8. The first-order valence-corrected chi connectivity index (χ1v) is 14.2. The number of para-hydroxylation sites is 1. The monoisotopic (exact) mass is 569 g/mol. The largest absolute Gasteiger partial charge is 0.480 e. The van der Waals surface area contributed by atoms with Crippen molar-refractivity contribution in [2.75, 3.05) is 18.6 Å². The summed E-state index contributed by atoms with van der Waals surface area (Å²) in [6.45, 7) is -0.734. The van der Waals surface area contributed by atoms with Gasteiger partial charge in [-0.05, 0) is 42.0 Å². The lowest BCUT2D eigenvalue weighted by Crippen LogP contribution is -2.58. The fourth-order valence-corrected chi connectivity index (χ4v) is 4.67. The smallest absolute Gasteiger partial charge is 0.326 e. The average Bonchev–Trinajstić information content (AvgIpc) is 3.36. The van der Waals surface area contributed by atoms with Gasteiger partial charge in [0.2, 0.25) is 17.7 Å². The van der Waals surface area contributed by atoms with Gasteiger partial charge in [-0.1, -0.05) is 48.5 Å². The molecule has 2 aromatic carbocycles. The highest BCUT2D eigenvalue weighted by Gasteiger charge is 2.30. The van der Waals surface area contributed by atoms with Gasteiger partial charge in [-0.3, -0.25) is 14.4 Å². The van der Waals surface area contributed by atoms with Gasteiger partial charge < -0.3 is 36.9 Å². The van der Waals surface area contributed by atoms with Crippen LogP contribution in [0.2, 0.25) is 0 Å². The third-order valence-electron chi connectivity index (χ3n) is 6.41. The Morgan fingerprint density at radius 2 is 1.50 bits per heavy atom. The van der Waals surface area contributed by atoms with Crippen LogP contribution in [0.3, 0.4) is 0 Å². The second-order valence-corrected chi connectivity index (χ2v) is 10.3. The van der Waals surface area contributed by atoms with Crippen LogP contribution in [-0.4, -0.2) is 81.7 Å². The summed E-state index contributed by atoms with van der Waals surface area (Å²) in [7, 11) is 0. The van der Waals surface area contributed by atoms with E-state index >= 15 is 0 Å². The number of nitrogens with two attached hydrogens (primary N) is 1. The standard InChI is InChI=1S/C28H35N5O6S/c1-40-12-11-22(28(38)39)31-26(36)23(14-18-15-30-21-10-6-5-9-19(18)21)32-27(37)24(16-34)33-25(35)20(29)13-17-7-3-2-4-8-17/h2-10,15,20,22-24,30,34H,11-14,16,29H2,1H3,(H,31,36)(H,32,37)(H,33,35)(H,38,39). The first kappa shape index (κ1) is 30.7. The molecule has 3 amide bonds. The zero-order chi connectivity index (χ0) is 29.1. The van der Waals surface area contributed by atoms with Crippen molar-refractivity contribution in [3.05, 3.63) is 71.9 Å². The zero-order valence-electron chi connectivity index (χ0n) is 22.1. The van der Waals surface area contributed by atoms with E-state index in [-0.39, 0.29) is 19.3 Å². The number of aromatic nitrogens is 1. The molecule has 0 saturated heterocycles. The first-order chi connectivity index (χ1) is 19.2. The minimum Gasteiger partial charge on any atom is -0.480 e. The number of thioether (sulfide) groups is 1. The summed E-state index contributed by atoms with van der Waals surface area (Å²) >= 11 is 1.45. The number of aliphatic carboxylic acids is 1. The van der Waals surface area contributed by atoms with E-state index in [9.17, 15) is 29.4 Å². The molecule has 0 saturated carbocycles. The molecule has 40 heavy (non-hydrogen) atoms. The predicted octanol–water partition coefficient (Wildman–Crippen LogP) is 0.565. The molecule has 4 atom stereocenters. The van der Waals surface area contributed by atoms with Crippen LogP contribution >= 0.6 is 11.8 Å². The molecule has 4 unspecified atom stereocenters. The number of aliphatic hydroxyl groups excluding tert-OH is 1. The van der Waals surface area contributed by atoms with Crippen LogP contribution in [0.1, 0.15) is 17.5 Å². The summed E-state index contributed by atoms with van der Waals surface area (Å²) in [6, 6.07) is 11.9. The molecule has 0 aliphatic heterocycles. The molecule has 3 rings (SSSR count). The fraction of sp³-hybridized carbons (Fsp3) is 0.357. The van der Waals surface area contributed by atoms with Crippen molar-refractivity contribution in [2.45, 2.75) is 43.4 Å². The lowest BCUT2D eigenvalue weighted by atomic mass is 10.0. The van der Waals surface area contributed by atoms with Gasteiger partial charge in [0.1, 0.15) is 18.1 Å². The molecule has 1 heterocycles. The van der Waals surface area contributed by atoms with Crippen molar-refractivity contribution < 1.29 is 29.4 Å². The van der Waals surface area contributed by atoms with Crippen molar-refractivity contribution in [3.8, 4) is 0 Å². The van der Waals surface area contributed by atoms with E-state index in [1.807, 2.05) is 60.9 Å². The Hall–Kier alpha value is -3.87. The second-order valence-electron chi connectivity index (χ2n) is 9.35. The molecular formula is C28H35N5O6S. The number of carboxylic acid groups (broad SMARTS) is 1. The Kier molecular flexibility index (Phi) is 11.5. The van der Waals surface area contributed by atoms with Crippen molar-refractivity contribution in [2.24, 2.45) is 5.73 Å². The van der Waals surface area contributed by atoms with Gasteiger partial charge in [0.25, 0.3) is 0 Å². The maximum atomic E-state index is 13.3. The number of aliphatic hydroxyl groups is 1. The zero-order valence-corrected chi connectivity index (χ0v) is 22.9. The number of nitrogens with one attached hydrogen (secondary N) is 4. The van der Waals surface area contributed by atoms with Gasteiger partial charge in [-0.25, -0.2) is 4.79 Å². The number of H-pyrrole nitrogens is 1. The Morgan fingerprint density at radius 3 is 2.17 bits per heavy atom. The highest BCUT2D eigenvalue weighted by molar-refractivity contribution is 7.98. The summed E-state index contributed by atoms with van der Waals surface area (Å²) in [6.07, 6.45) is 4.01. The maximum Gasteiger partial charge on any atom is 0.326 e. The molecule has 0 aliphatic rings. The Labute approximate surface area is 236 Å². The molecule has 1 aromatic heterocycles.